The summed E-state index contributed by atoms with van der Waals surface area (Å²) in [4.78, 5) is 0. The number of anilines is 2. The lowest BCUT2D eigenvalue weighted by atomic mass is 10.2. The molecule has 0 aliphatic rings. The van der Waals surface area contributed by atoms with Crippen molar-refractivity contribution in [2.45, 2.75) is 20.4 Å². The minimum absolute atomic E-state index is 0.288. The van der Waals surface area contributed by atoms with E-state index in [9.17, 15) is 0 Å². The van der Waals surface area contributed by atoms with Gasteiger partial charge in [-0.15, -0.1) is 5.10 Å². The van der Waals surface area contributed by atoms with Crippen molar-refractivity contribution in [1.29, 1.82) is 0 Å². The molecule has 0 saturated heterocycles. The van der Waals surface area contributed by atoms with Crippen molar-refractivity contribution >= 4 is 34.9 Å². The Bertz CT molecular complexity index is 571. The molecule has 20 heavy (non-hydrogen) atoms. The van der Waals surface area contributed by atoms with Gasteiger partial charge >= 0.3 is 6.01 Å². The van der Waals surface area contributed by atoms with E-state index in [2.05, 4.69) is 34.7 Å². The van der Waals surface area contributed by atoms with Crippen LogP contribution >= 0.6 is 23.2 Å². The van der Waals surface area contributed by atoms with Crippen LogP contribution in [0.4, 0.5) is 11.7 Å². The van der Waals surface area contributed by atoms with Crippen molar-refractivity contribution in [3.05, 3.63) is 34.1 Å². The summed E-state index contributed by atoms with van der Waals surface area (Å²) in [7, 11) is 0. The molecule has 0 aliphatic heterocycles. The second-order valence-corrected chi connectivity index (χ2v) is 5.62. The number of nitrogens with zero attached hydrogens (tertiary/aromatic N) is 2. The van der Waals surface area contributed by atoms with Gasteiger partial charge < -0.3 is 15.1 Å². The Morgan fingerprint density at radius 1 is 1.25 bits per heavy atom. The Morgan fingerprint density at radius 3 is 2.80 bits per heavy atom. The predicted octanol–water partition coefficient (Wildman–Crippen LogP) is 3.87. The molecule has 108 valence electrons. The van der Waals surface area contributed by atoms with Gasteiger partial charge in [-0.1, -0.05) is 42.1 Å². The number of hydrogen-bond acceptors (Lipinski definition) is 5. The third-order valence-corrected chi connectivity index (χ3v) is 3.03. The van der Waals surface area contributed by atoms with E-state index in [0.29, 0.717) is 34.1 Å². The highest BCUT2D eigenvalue weighted by atomic mass is 35.5. The number of rotatable bonds is 6. The maximum atomic E-state index is 6.05. The molecule has 0 radical (unpaired) electrons. The number of benzene rings is 1. The number of hydrogen-bond donors (Lipinski definition) is 2. The average molecular weight is 315 g/mol. The lowest BCUT2D eigenvalue weighted by molar-refractivity contribution is 0.460. The molecule has 0 bridgehead atoms. The van der Waals surface area contributed by atoms with Gasteiger partial charge in [-0.2, -0.15) is 0 Å². The molecule has 0 amide bonds. The van der Waals surface area contributed by atoms with Crippen LogP contribution in [-0.2, 0) is 6.54 Å². The van der Waals surface area contributed by atoms with Crippen LogP contribution in [0.15, 0.2) is 22.6 Å². The summed E-state index contributed by atoms with van der Waals surface area (Å²) in [6.45, 7) is 5.70. The second-order valence-electron chi connectivity index (χ2n) is 4.77. The maximum absolute atomic E-state index is 6.05. The van der Waals surface area contributed by atoms with Gasteiger partial charge in [0.05, 0.1) is 17.3 Å². The molecule has 1 aromatic heterocycles. The third-order valence-electron chi connectivity index (χ3n) is 2.47. The lowest BCUT2D eigenvalue weighted by Crippen LogP contribution is -2.19. The van der Waals surface area contributed by atoms with Crippen LogP contribution in [0.5, 0.6) is 0 Å². The SMILES string of the molecule is CC(C)CNCc1nnc(Nc2cc(Cl)ccc2Cl)o1. The fourth-order valence-corrected chi connectivity index (χ4v) is 1.89. The highest BCUT2D eigenvalue weighted by Gasteiger charge is 2.08. The fraction of sp³-hybridized carbons (Fsp3) is 0.385. The summed E-state index contributed by atoms with van der Waals surface area (Å²) in [5, 5.41) is 15.1. The van der Waals surface area contributed by atoms with Crippen LogP contribution < -0.4 is 10.6 Å². The van der Waals surface area contributed by atoms with Crippen molar-refractivity contribution < 1.29 is 4.42 Å². The molecule has 0 saturated carbocycles. The van der Waals surface area contributed by atoms with Crippen LogP contribution in [0.25, 0.3) is 0 Å². The highest BCUT2D eigenvalue weighted by molar-refractivity contribution is 6.35. The number of nitrogens with one attached hydrogen (secondary N) is 2. The smallest absolute Gasteiger partial charge is 0.320 e. The molecule has 0 fully saturated rings. The summed E-state index contributed by atoms with van der Waals surface area (Å²) >= 11 is 12.0. The molecule has 0 atom stereocenters. The lowest BCUT2D eigenvalue weighted by Gasteiger charge is -2.05. The molecule has 5 nitrogen and oxygen atoms in total. The van der Waals surface area contributed by atoms with Gasteiger partial charge in [0.2, 0.25) is 5.89 Å². The Morgan fingerprint density at radius 2 is 2.05 bits per heavy atom. The van der Waals surface area contributed by atoms with Crippen LogP contribution in [-0.4, -0.2) is 16.7 Å². The minimum atomic E-state index is 0.288. The van der Waals surface area contributed by atoms with Gasteiger partial charge in [-0.3, -0.25) is 0 Å². The van der Waals surface area contributed by atoms with Gasteiger partial charge in [0.25, 0.3) is 0 Å². The van der Waals surface area contributed by atoms with Gasteiger partial charge in [-0.05, 0) is 30.7 Å². The first-order chi connectivity index (χ1) is 9.54. The van der Waals surface area contributed by atoms with Gasteiger partial charge in [-0.25, -0.2) is 0 Å². The minimum Gasteiger partial charge on any atom is -0.406 e. The predicted molar refractivity (Wildman–Crippen MR) is 80.6 cm³/mol. The van der Waals surface area contributed by atoms with E-state index in [-0.39, 0.29) is 6.01 Å². The van der Waals surface area contributed by atoms with Gasteiger partial charge in [0.1, 0.15) is 0 Å². The first-order valence-electron chi connectivity index (χ1n) is 6.30. The molecular formula is C13H16Cl2N4O. The summed E-state index contributed by atoms with van der Waals surface area (Å²) in [5.74, 6) is 1.09. The van der Waals surface area contributed by atoms with E-state index in [1.165, 1.54) is 0 Å². The summed E-state index contributed by atoms with van der Waals surface area (Å²) in [6.07, 6.45) is 0. The third kappa shape index (κ3) is 4.37. The first-order valence-corrected chi connectivity index (χ1v) is 7.05. The zero-order chi connectivity index (χ0) is 14.5. The normalized spacial score (nSPS) is 11.1. The van der Waals surface area contributed by atoms with Gasteiger partial charge in [0, 0.05) is 5.02 Å². The van der Waals surface area contributed by atoms with Crippen molar-refractivity contribution in [3.8, 4) is 0 Å². The summed E-state index contributed by atoms with van der Waals surface area (Å²) < 4.78 is 5.47. The zero-order valence-electron chi connectivity index (χ0n) is 11.3. The summed E-state index contributed by atoms with van der Waals surface area (Å²) in [5.41, 5.74) is 0.629. The molecule has 1 aromatic carbocycles. The average Bonchev–Trinajstić information content (AvgIpc) is 2.81. The molecule has 0 unspecified atom stereocenters. The molecule has 2 N–H and O–H groups in total. The van der Waals surface area contributed by atoms with Crippen molar-refractivity contribution in [2.75, 3.05) is 11.9 Å². The molecule has 2 aromatic rings. The van der Waals surface area contributed by atoms with E-state index < -0.39 is 0 Å². The maximum Gasteiger partial charge on any atom is 0.320 e. The quantitative estimate of drug-likeness (QED) is 0.847. The largest absolute Gasteiger partial charge is 0.406 e. The Balaban J connectivity index is 1.97. The van der Waals surface area contributed by atoms with Crippen LogP contribution in [0.1, 0.15) is 19.7 Å². The Hall–Kier alpha value is -1.30. The standard InChI is InChI=1S/C13H16Cl2N4O/c1-8(2)6-16-7-12-18-19-13(20-12)17-11-5-9(14)3-4-10(11)15/h3-5,8,16H,6-7H2,1-2H3,(H,17,19). The molecule has 2 rings (SSSR count). The first kappa shape index (κ1) is 15.1. The topological polar surface area (TPSA) is 63.0 Å². The van der Waals surface area contributed by atoms with Crippen molar-refractivity contribution in [2.24, 2.45) is 5.92 Å². The molecule has 0 spiro atoms. The van der Waals surface area contributed by atoms with E-state index in [1.54, 1.807) is 18.2 Å². The molecular weight excluding hydrogens is 299 g/mol. The van der Waals surface area contributed by atoms with Crippen molar-refractivity contribution in [1.82, 2.24) is 15.5 Å². The second kappa shape index (κ2) is 6.92. The van der Waals surface area contributed by atoms with Crippen LogP contribution in [0, 0.1) is 5.92 Å². The Labute approximate surface area is 127 Å². The van der Waals surface area contributed by atoms with E-state index in [0.717, 1.165) is 6.54 Å². The molecule has 7 heteroatoms. The van der Waals surface area contributed by atoms with E-state index in [4.69, 9.17) is 27.6 Å². The van der Waals surface area contributed by atoms with Crippen LogP contribution in [0.2, 0.25) is 10.0 Å². The highest BCUT2D eigenvalue weighted by Crippen LogP contribution is 2.27. The fourth-order valence-electron chi connectivity index (χ4n) is 1.55. The molecule has 1 heterocycles. The number of halogens is 2. The summed E-state index contributed by atoms with van der Waals surface area (Å²) in [6, 6.07) is 5.40. The monoisotopic (exact) mass is 314 g/mol. The van der Waals surface area contributed by atoms with Crippen LogP contribution in [0.3, 0.4) is 0 Å². The van der Waals surface area contributed by atoms with Gasteiger partial charge in [0.15, 0.2) is 0 Å². The Kier molecular flexibility index (Phi) is 5.23. The van der Waals surface area contributed by atoms with Crippen molar-refractivity contribution in [3.63, 3.8) is 0 Å². The zero-order valence-corrected chi connectivity index (χ0v) is 12.8. The van der Waals surface area contributed by atoms with E-state index >= 15 is 0 Å². The number of aromatic nitrogens is 2. The molecule has 0 aliphatic carbocycles. The van der Waals surface area contributed by atoms with E-state index in [1.807, 2.05) is 0 Å².